The van der Waals surface area contributed by atoms with Gasteiger partial charge in [-0.3, -0.25) is 14.9 Å². The van der Waals surface area contributed by atoms with Crippen LogP contribution in [0, 0.1) is 27.3 Å². The van der Waals surface area contributed by atoms with Crippen molar-refractivity contribution >= 4 is 23.4 Å². The molecule has 1 N–H and O–H groups in total. The number of ether oxygens (including phenoxy) is 2. The monoisotopic (exact) mass is 501 g/mol. The smallest absolute Gasteiger partial charge is 0.271 e. The molecule has 1 amide bonds. The molecular formula is C28H24FN3O5. The molecule has 0 spiro atoms. The number of hydrogen-bond donors (Lipinski definition) is 1. The van der Waals surface area contributed by atoms with Crippen molar-refractivity contribution in [3.63, 3.8) is 0 Å². The average molecular weight is 502 g/mol. The van der Waals surface area contributed by atoms with Gasteiger partial charge in [0.2, 0.25) is 0 Å². The van der Waals surface area contributed by atoms with E-state index >= 15 is 0 Å². The molecule has 0 unspecified atom stereocenters. The van der Waals surface area contributed by atoms with Crippen molar-refractivity contribution in [3.8, 4) is 17.6 Å². The van der Waals surface area contributed by atoms with Crippen LogP contribution in [0.4, 0.5) is 15.8 Å². The molecule has 9 heteroatoms. The van der Waals surface area contributed by atoms with Crippen molar-refractivity contribution in [1.29, 1.82) is 5.26 Å². The fourth-order valence-corrected chi connectivity index (χ4v) is 3.48. The van der Waals surface area contributed by atoms with Crippen LogP contribution in [0.5, 0.6) is 11.5 Å². The van der Waals surface area contributed by atoms with Crippen LogP contribution < -0.4 is 14.8 Å². The molecular weight excluding hydrogens is 477 g/mol. The number of hydrogen-bond acceptors (Lipinski definition) is 6. The van der Waals surface area contributed by atoms with Crippen LogP contribution in [0.15, 0.2) is 78.9 Å². The van der Waals surface area contributed by atoms with E-state index in [4.69, 9.17) is 9.47 Å². The van der Waals surface area contributed by atoms with Crippen LogP contribution in [-0.2, 0) is 17.8 Å². The minimum Gasteiger partial charge on any atom is -0.490 e. The van der Waals surface area contributed by atoms with E-state index < -0.39 is 16.6 Å². The molecule has 8 nitrogen and oxygen atoms in total. The number of halogens is 1. The van der Waals surface area contributed by atoms with E-state index in [-0.39, 0.29) is 23.6 Å². The first-order valence-electron chi connectivity index (χ1n) is 11.3. The molecule has 0 heterocycles. The van der Waals surface area contributed by atoms with Gasteiger partial charge in [-0.25, -0.2) is 4.39 Å². The number of anilines is 1. The van der Waals surface area contributed by atoms with Crippen molar-refractivity contribution in [3.05, 3.63) is 112 Å². The van der Waals surface area contributed by atoms with Crippen LogP contribution in [0.25, 0.3) is 6.08 Å². The summed E-state index contributed by atoms with van der Waals surface area (Å²) >= 11 is 0. The highest BCUT2D eigenvalue weighted by atomic mass is 19.1. The van der Waals surface area contributed by atoms with Crippen molar-refractivity contribution in [2.24, 2.45) is 0 Å². The number of rotatable bonds is 11. The van der Waals surface area contributed by atoms with Crippen LogP contribution in [0.3, 0.4) is 0 Å². The third kappa shape index (κ3) is 7.02. The molecule has 0 fully saturated rings. The second-order valence-electron chi connectivity index (χ2n) is 7.74. The lowest BCUT2D eigenvalue weighted by Crippen LogP contribution is -2.13. The lowest BCUT2D eigenvalue weighted by Gasteiger charge is -2.17. The Labute approximate surface area is 213 Å². The molecule has 188 valence electrons. The predicted molar refractivity (Wildman–Crippen MR) is 138 cm³/mol. The summed E-state index contributed by atoms with van der Waals surface area (Å²) in [5.41, 5.74) is 1.30. The Morgan fingerprint density at radius 3 is 2.62 bits per heavy atom. The van der Waals surface area contributed by atoms with E-state index in [0.717, 1.165) is 0 Å². The van der Waals surface area contributed by atoms with Gasteiger partial charge in [0, 0.05) is 28.9 Å². The Morgan fingerprint density at radius 1 is 1.16 bits per heavy atom. The minimum atomic E-state index is -0.730. The molecule has 0 atom stereocenters. The number of nitro groups is 1. The van der Waals surface area contributed by atoms with Crippen molar-refractivity contribution in [1.82, 2.24) is 0 Å². The zero-order valence-corrected chi connectivity index (χ0v) is 20.1. The van der Waals surface area contributed by atoms with Crippen molar-refractivity contribution in [2.75, 3.05) is 11.9 Å². The fraction of sp³-hybridized carbons (Fsp3) is 0.143. The number of nitro benzene ring substituents is 1. The Bertz CT molecular complexity index is 1390. The topological polar surface area (TPSA) is 114 Å². The lowest BCUT2D eigenvalue weighted by atomic mass is 10.0. The number of carbonyl (C=O) groups is 1. The number of nitrogens with one attached hydrogen (secondary N) is 1. The van der Waals surface area contributed by atoms with Gasteiger partial charge in [0.05, 0.1) is 11.5 Å². The highest BCUT2D eigenvalue weighted by Gasteiger charge is 2.17. The zero-order chi connectivity index (χ0) is 26.8. The molecule has 0 aromatic heterocycles. The van der Waals surface area contributed by atoms with Crippen LogP contribution >= 0.6 is 0 Å². The summed E-state index contributed by atoms with van der Waals surface area (Å²) < 4.78 is 25.8. The molecule has 0 radical (unpaired) electrons. The van der Waals surface area contributed by atoms with Crippen molar-refractivity contribution in [2.45, 2.75) is 20.0 Å². The highest BCUT2D eigenvalue weighted by molar-refractivity contribution is 6.09. The molecule has 3 aromatic carbocycles. The molecule has 0 aliphatic rings. The minimum absolute atomic E-state index is 0.0266. The van der Waals surface area contributed by atoms with Crippen LogP contribution in [0.2, 0.25) is 0 Å². The fourth-order valence-electron chi connectivity index (χ4n) is 3.48. The van der Waals surface area contributed by atoms with E-state index in [2.05, 4.69) is 11.9 Å². The normalized spacial score (nSPS) is 10.8. The predicted octanol–water partition coefficient (Wildman–Crippen LogP) is 5.99. The molecule has 37 heavy (non-hydrogen) atoms. The maximum atomic E-state index is 14.1. The molecule has 0 bridgehead atoms. The van der Waals surface area contributed by atoms with Gasteiger partial charge in [0.25, 0.3) is 11.6 Å². The summed E-state index contributed by atoms with van der Waals surface area (Å²) in [6.07, 6.45) is 3.42. The number of nitriles is 1. The SMILES string of the molecule is C=CCc1cc(/C=C(\C#N)C(=O)Nc2cccc([N+](=O)[O-])c2)cc(OCC)c1OCc1ccccc1F. The summed E-state index contributed by atoms with van der Waals surface area (Å²) in [6, 6.07) is 16.9. The third-order valence-electron chi connectivity index (χ3n) is 5.14. The first-order valence-corrected chi connectivity index (χ1v) is 11.3. The second kappa shape index (κ2) is 12.7. The van der Waals surface area contributed by atoms with Crippen LogP contribution in [-0.4, -0.2) is 17.4 Å². The molecule has 0 saturated heterocycles. The number of benzene rings is 3. The Balaban J connectivity index is 1.93. The Hall–Kier alpha value is -4.97. The number of non-ortho nitro benzene ring substituents is 1. The van der Waals surface area contributed by atoms with Gasteiger partial charge in [-0.15, -0.1) is 6.58 Å². The molecule has 0 saturated carbocycles. The van der Waals surface area contributed by atoms with Gasteiger partial charge >= 0.3 is 0 Å². The third-order valence-corrected chi connectivity index (χ3v) is 5.14. The first kappa shape index (κ1) is 26.6. The molecule has 0 aliphatic carbocycles. The number of carbonyl (C=O) groups excluding carboxylic acids is 1. The average Bonchev–Trinajstić information content (AvgIpc) is 2.88. The van der Waals surface area contributed by atoms with E-state index in [1.165, 1.54) is 36.4 Å². The molecule has 0 aliphatic heterocycles. The van der Waals surface area contributed by atoms with Gasteiger partial charge in [-0.1, -0.05) is 30.3 Å². The molecule has 3 aromatic rings. The number of nitrogens with zero attached hydrogens (tertiary/aromatic N) is 2. The highest BCUT2D eigenvalue weighted by Crippen LogP contribution is 2.35. The second-order valence-corrected chi connectivity index (χ2v) is 7.74. The summed E-state index contributed by atoms with van der Waals surface area (Å²) in [6.45, 7) is 5.85. The van der Waals surface area contributed by atoms with Gasteiger partial charge in [-0.05, 0) is 49.2 Å². The maximum Gasteiger partial charge on any atom is 0.271 e. The summed E-state index contributed by atoms with van der Waals surface area (Å²) in [7, 11) is 0. The maximum absolute atomic E-state index is 14.1. The lowest BCUT2D eigenvalue weighted by molar-refractivity contribution is -0.384. The van der Waals surface area contributed by atoms with E-state index in [1.54, 1.807) is 43.3 Å². The van der Waals surface area contributed by atoms with Gasteiger partial charge < -0.3 is 14.8 Å². The van der Waals surface area contributed by atoms with E-state index in [0.29, 0.717) is 41.2 Å². The summed E-state index contributed by atoms with van der Waals surface area (Å²) in [4.78, 5) is 23.1. The number of amides is 1. The number of allylic oxidation sites excluding steroid dienone is 1. The van der Waals surface area contributed by atoms with E-state index in [1.807, 2.05) is 6.07 Å². The first-order chi connectivity index (χ1) is 17.9. The summed E-state index contributed by atoms with van der Waals surface area (Å²) in [5, 5.41) is 23.1. The summed E-state index contributed by atoms with van der Waals surface area (Å²) in [5.74, 6) is -0.354. The quantitative estimate of drug-likeness (QED) is 0.114. The van der Waals surface area contributed by atoms with Crippen LogP contribution in [0.1, 0.15) is 23.6 Å². The largest absolute Gasteiger partial charge is 0.490 e. The Morgan fingerprint density at radius 2 is 1.95 bits per heavy atom. The van der Waals surface area contributed by atoms with E-state index in [9.17, 15) is 24.6 Å². The zero-order valence-electron chi connectivity index (χ0n) is 20.1. The van der Waals surface area contributed by atoms with Gasteiger partial charge in [0.1, 0.15) is 24.1 Å². The molecule has 3 rings (SSSR count). The van der Waals surface area contributed by atoms with Gasteiger partial charge in [-0.2, -0.15) is 5.26 Å². The van der Waals surface area contributed by atoms with Gasteiger partial charge in [0.15, 0.2) is 11.5 Å². The van der Waals surface area contributed by atoms with Crippen molar-refractivity contribution < 1.29 is 23.6 Å². The Kier molecular flexibility index (Phi) is 9.11. The standard InChI is InChI=1S/C28H24FN3O5/c1-3-8-20-13-19(14-22(17-30)28(33)31-23-10-7-11-24(16-23)32(34)35)15-26(36-4-2)27(20)37-18-21-9-5-6-12-25(21)29/h3,5-7,9-16H,1,4,8,18H2,2H3,(H,31,33)/b22-14+.